The van der Waals surface area contributed by atoms with Gasteiger partial charge in [-0.3, -0.25) is 54.3 Å². The van der Waals surface area contributed by atoms with Crippen LogP contribution < -0.4 is 69.2 Å². The van der Waals surface area contributed by atoms with Crippen LogP contribution >= 0.6 is 0 Å². The van der Waals surface area contributed by atoms with E-state index in [1.54, 1.807) is 44.9 Å². The molecular weight excluding hydrogens is 1720 g/mol. The van der Waals surface area contributed by atoms with Crippen LogP contribution in [-0.2, 0) is 89.5 Å². The second-order valence-electron chi connectivity index (χ2n) is 34.6. The van der Waals surface area contributed by atoms with Gasteiger partial charge in [0, 0.05) is 104 Å². The molecule has 4 aliphatic carbocycles. The van der Waals surface area contributed by atoms with Crippen molar-refractivity contribution < 1.29 is 130 Å². The molecule has 4 aromatic carbocycles. The number of nitrogens with one attached hydrogen (secondary N) is 9. The molecule has 0 aromatic heterocycles. The van der Waals surface area contributed by atoms with Gasteiger partial charge in [0.2, 0.25) is 41.2 Å². The summed E-state index contributed by atoms with van der Waals surface area (Å²) in [6.45, 7) is 7.68. The highest BCUT2D eigenvalue weighted by Gasteiger charge is 2.80. The number of halogens is 2. The van der Waals surface area contributed by atoms with Crippen LogP contribution in [0.5, 0.6) is 5.75 Å². The molecule has 3 saturated carbocycles. The number of benzene rings is 4. The summed E-state index contributed by atoms with van der Waals surface area (Å²) in [4.78, 5) is 150. The number of urea groups is 1. The summed E-state index contributed by atoms with van der Waals surface area (Å²) in [5.74, 6) is -2.30. The zero-order valence-corrected chi connectivity index (χ0v) is 75.1. The number of hydrazine groups is 1. The molecule has 1 unspecified atom stereocenters. The topological polar surface area (TPSA) is 547 Å². The van der Waals surface area contributed by atoms with Crippen LogP contribution in [0.1, 0.15) is 140 Å². The molecule has 4 aromatic rings. The van der Waals surface area contributed by atoms with Gasteiger partial charge in [0.15, 0.2) is 29.1 Å². The number of anilines is 3. The molecule has 17 atom stereocenters. The Bertz CT molecular complexity index is 4760. The summed E-state index contributed by atoms with van der Waals surface area (Å²) in [6.07, 6.45) is -10.6. The number of carbonyl (C=O) groups excluding carboxylic acids is 11. The number of aliphatic hydroxyl groups excluding tert-OH is 6. The van der Waals surface area contributed by atoms with Crippen molar-refractivity contribution in [3.8, 4) is 5.75 Å². The molecule has 6 aliphatic rings. The van der Waals surface area contributed by atoms with Crippen molar-refractivity contribution in [2.75, 3.05) is 108 Å². The maximum absolute atomic E-state index is 18.0. The van der Waals surface area contributed by atoms with Crippen molar-refractivity contribution in [1.82, 2.24) is 37.3 Å². The predicted octanol–water partition coefficient (Wildman–Crippen LogP) is 3.92. The molecule has 132 heavy (non-hydrogen) atoms. The number of Topliss-reactive ketones (excluding diaryl/α,β-unsaturated/α-hetero) is 2. The van der Waals surface area contributed by atoms with Crippen molar-refractivity contribution in [3.05, 3.63) is 143 Å². The first-order valence-electron chi connectivity index (χ1n) is 44.7. The average molecular weight is 1850 g/mol. The molecule has 2 aliphatic heterocycles. The molecule has 2 heterocycles. The van der Waals surface area contributed by atoms with Gasteiger partial charge in [-0.15, -0.1) is 0 Å². The number of amides is 9. The highest BCUT2D eigenvalue weighted by Crippen LogP contribution is 2.72. The molecule has 722 valence electrons. The molecule has 0 radical (unpaired) electrons. The number of para-hydroxylation sites is 1. The van der Waals surface area contributed by atoms with E-state index < -0.39 is 193 Å². The third-order valence-corrected chi connectivity index (χ3v) is 25.5. The summed E-state index contributed by atoms with van der Waals surface area (Å²) >= 11 is 0. The molecule has 4 fully saturated rings. The summed E-state index contributed by atoms with van der Waals surface area (Å²) in [5, 5.41) is 83.3. The normalized spacial score (nSPS) is 24.3. The quantitative estimate of drug-likeness (QED) is 0.0169. The number of allylic oxidation sites excluding steroid dienone is 4. The minimum absolute atomic E-state index is 0.0165. The molecule has 1 saturated heterocycles. The minimum Gasteiger partial charge on any atom is -0.486 e. The van der Waals surface area contributed by atoms with Gasteiger partial charge in [0.25, 0.3) is 0 Å². The lowest BCUT2D eigenvalue weighted by atomic mass is 9.44. The van der Waals surface area contributed by atoms with Gasteiger partial charge >= 0.3 is 12.1 Å². The van der Waals surface area contributed by atoms with Gasteiger partial charge in [0.05, 0.1) is 107 Å². The number of aliphatic hydroxyl groups is 6. The lowest BCUT2D eigenvalue weighted by molar-refractivity contribution is -0.234. The number of nitrogens with two attached hydrogens (primary N) is 2. The number of primary amides is 1. The summed E-state index contributed by atoms with van der Waals surface area (Å²) in [6, 6.07) is 23.8. The highest BCUT2D eigenvalue weighted by molar-refractivity contribution is 6.03. The second kappa shape index (κ2) is 48.2. The molecular formula is C93H126F2N12O25. The Balaban J connectivity index is 0.650. The number of fused-ring (bicyclic) bond motifs is 9. The Labute approximate surface area is 764 Å². The van der Waals surface area contributed by atoms with Gasteiger partial charge in [-0.1, -0.05) is 94.8 Å². The SMILES string of the molecule is CCCC1O[C@@H]2C[C@H]3[C@@H]4C[C@H](F)C5=CC(=O)C=C[C@]5(C)[C@@]4(F)[C@@H](O)C[C@]3(C)[C@]2(C(=O)COc2ccc(NC(=O)OCc3ccc(NC(=O)[C@H](CCCNC(N)=O)CC(=O)[C@@H](NC(=O)[C@@H](CCC(=O)NC[C@H](O)[C@@H](O)[C@H](O)[C@H](O)CO)NC(=O)CCOCCOCCOCCOCCNC(=O)CCC(=O)N4Cc5ccccc5/C(NC)=C(/NN)c5ccccc54)C(C)C)cc3)cc2)O1. The Kier molecular flexibility index (Phi) is 37.7. The van der Waals surface area contributed by atoms with Crippen molar-refractivity contribution in [2.24, 2.45) is 46.1 Å². The van der Waals surface area contributed by atoms with Crippen LogP contribution in [0.15, 0.2) is 121 Å². The molecule has 0 bridgehead atoms. The average Bonchev–Trinajstić information content (AvgIpc) is 1.47. The Morgan fingerprint density at radius 3 is 2.01 bits per heavy atom. The first-order chi connectivity index (χ1) is 63.1. The maximum atomic E-state index is 18.0. The van der Waals surface area contributed by atoms with Crippen LogP contribution in [0.3, 0.4) is 0 Å². The van der Waals surface area contributed by atoms with Crippen LogP contribution in [0.25, 0.3) is 11.4 Å². The number of ether oxygens (including phenoxy) is 8. The number of hydrogen-bond acceptors (Lipinski definition) is 28. The van der Waals surface area contributed by atoms with Gasteiger partial charge in [-0.05, 0) is 135 Å². The summed E-state index contributed by atoms with van der Waals surface area (Å²) < 4.78 is 81.3. The molecule has 10 rings (SSSR count). The van der Waals surface area contributed by atoms with Gasteiger partial charge in [0.1, 0.15) is 49.5 Å². The number of nitrogens with zero attached hydrogens (tertiary/aromatic N) is 1. The zero-order chi connectivity index (χ0) is 95.6. The van der Waals surface area contributed by atoms with E-state index in [1.165, 1.54) is 55.5 Å². The van der Waals surface area contributed by atoms with E-state index in [2.05, 4.69) is 48.0 Å². The molecule has 39 heteroatoms. The van der Waals surface area contributed by atoms with Crippen LogP contribution in [0.4, 0.5) is 35.4 Å². The lowest BCUT2D eigenvalue weighted by Gasteiger charge is -2.63. The molecule has 9 amide bonds. The minimum atomic E-state index is -2.38. The largest absolute Gasteiger partial charge is 0.486 e. The van der Waals surface area contributed by atoms with E-state index >= 15 is 8.78 Å². The number of carbonyl (C=O) groups is 11. The van der Waals surface area contributed by atoms with Crippen LogP contribution in [0.2, 0.25) is 0 Å². The van der Waals surface area contributed by atoms with Crippen molar-refractivity contribution in [3.63, 3.8) is 0 Å². The summed E-state index contributed by atoms with van der Waals surface area (Å²) in [7, 11) is 1.80. The smallest absolute Gasteiger partial charge is 0.411 e. The van der Waals surface area contributed by atoms with E-state index in [1.807, 2.05) is 55.5 Å². The zero-order valence-electron chi connectivity index (χ0n) is 75.1. The van der Waals surface area contributed by atoms with E-state index in [-0.39, 0.29) is 166 Å². The van der Waals surface area contributed by atoms with E-state index in [9.17, 15) is 83.4 Å². The molecule has 0 spiro atoms. The van der Waals surface area contributed by atoms with Crippen molar-refractivity contribution in [1.29, 1.82) is 0 Å². The fourth-order valence-electron chi connectivity index (χ4n) is 18.6. The highest BCUT2D eigenvalue weighted by atomic mass is 19.1. The van der Waals surface area contributed by atoms with Crippen molar-refractivity contribution >= 4 is 93.4 Å². The number of rotatable bonds is 51. The van der Waals surface area contributed by atoms with E-state index in [0.717, 1.165) is 28.5 Å². The Morgan fingerprint density at radius 1 is 0.697 bits per heavy atom. The molecule has 37 nitrogen and oxygen atoms in total. The van der Waals surface area contributed by atoms with E-state index in [0.29, 0.717) is 35.5 Å². The monoisotopic (exact) mass is 1850 g/mol. The van der Waals surface area contributed by atoms with Crippen molar-refractivity contribution in [2.45, 2.75) is 204 Å². The first kappa shape index (κ1) is 103. The van der Waals surface area contributed by atoms with Crippen LogP contribution in [-0.4, -0.2) is 261 Å². The number of hydrogen-bond donors (Lipinski definition) is 17. The van der Waals surface area contributed by atoms with Crippen LogP contribution in [0, 0.1) is 34.5 Å². The third kappa shape index (κ3) is 25.4. The maximum Gasteiger partial charge on any atom is 0.411 e. The number of ketones is 3. The molecule has 19 N–H and O–H groups in total. The third-order valence-electron chi connectivity index (χ3n) is 25.5. The van der Waals surface area contributed by atoms with Gasteiger partial charge in [-0.25, -0.2) is 18.4 Å². The first-order valence-corrected chi connectivity index (χ1v) is 44.7. The van der Waals surface area contributed by atoms with E-state index in [4.69, 9.17) is 49.5 Å². The number of alkyl halides is 2. The Hall–Kier alpha value is -10.8. The fraction of sp³-hybridized carbons (Fsp3) is 0.559. The summed E-state index contributed by atoms with van der Waals surface area (Å²) in [5.41, 5.74) is 6.75. The second-order valence-corrected chi connectivity index (χ2v) is 34.6. The fourth-order valence-corrected chi connectivity index (χ4v) is 18.6. The van der Waals surface area contributed by atoms with Gasteiger partial charge < -0.3 is 122 Å². The van der Waals surface area contributed by atoms with Gasteiger partial charge in [-0.2, -0.15) is 0 Å². The standard InChI is InChI=1S/C93H126F2N12O25/c1-7-13-80-131-75-47-64-65-46-67(94)66-45-60(109)31-33-90(66,4)92(65,95)73(113)48-91(64,5)93(75,132-80)74(114)53-129-61-25-23-59(24-26-61)103-89(124)130-52-55-19-21-58(22-20-55)102-86(121)56(15-12-34-100-88(96)123)44-70(110)81(54(2)3)105-87(122)68(27-28-77(116)101-49-71(111)84(119)85(120)72(112)51-108)104-78(117)32-36-125-38-40-127-42-43-128-41-39-126-37-35-99-76(115)29-30-79(118)107-50-57-14-8-9-16-62(57)82(98-6)83(106-97)63-17-10-11-18-69(63)107/h8-11,14,16-26,31,33,45,54,56,64-65,67-68,71-73,75,80-81,84-85,98,106,108,111-113,119-120H,7,12-13,15,27-30,32,34-44,46-53,97H2,1-6H3,(H,99,115)(H,101,116)(H,102,121)(H,103,124)(H,104,117)(H,105,122)(H3,96,100,123)/b83-82-/t56-,64+,65+,67+,68-,71+,72-,73+,75-,80?,81+,84-,85-,90+,91+,92+,93-/m1/s1. The lowest BCUT2D eigenvalue weighted by Crippen LogP contribution is -2.71. The predicted molar refractivity (Wildman–Crippen MR) is 477 cm³/mol. The Morgan fingerprint density at radius 2 is 1.34 bits per heavy atom.